The molecule has 0 spiro atoms. The fraction of sp³-hybridized carbons (Fsp3) is 0.833. The Morgan fingerprint density at radius 3 is 1.20 bits per heavy atom. The summed E-state index contributed by atoms with van der Waals surface area (Å²) in [6, 6.07) is 0. The Bertz CT molecular complexity index is 92.3. The zero-order valence-corrected chi connectivity index (χ0v) is 13.1. The van der Waals surface area contributed by atoms with Crippen LogP contribution in [0.2, 0.25) is 31.9 Å². The van der Waals surface area contributed by atoms with Gasteiger partial charge in [0.1, 0.15) is 0 Å². The van der Waals surface area contributed by atoms with Crippen LogP contribution in [0, 0.1) is 5.67 Å². The van der Waals surface area contributed by atoms with Gasteiger partial charge in [0.2, 0.25) is 0 Å². The molecule has 0 aromatic rings. The van der Waals surface area contributed by atoms with Crippen LogP contribution in [0.15, 0.2) is 0 Å². The summed E-state index contributed by atoms with van der Waals surface area (Å²) in [6.45, 7) is 9.85. The maximum atomic E-state index is 2.71. The second-order valence-corrected chi connectivity index (χ2v) is 14.8. The molecule has 0 nitrogen and oxygen atoms in total. The van der Waals surface area contributed by atoms with E-state index in [1.54, 1.807) is 5.67 Å². The van der Waals surface area contributed by atoms with Crippen LogP contribution >= 0.6 is 0 Å². The molecule has 0 aromatic carbocycles. The topological polar surface area (TPSA) is 0 Å². The zero-order chi connectivity index (χ0) is 6.41. The molecule has 1 saturated heterocycles. The van der Waals surface area contributed by atoms with Gasteiger partial charge < -0.3 is 12.4 Å². The Labute approximate surface area is 85.4 Å². The molecule has 0 amide bonds. The van der Waals surface area contributed by atoms with Gasteiger partial charge in [0.05, 0.1) is 0 Å². The Kier molecular flexibility index (Phi) is 5.34. The minimum absolute atomic E-state index is 0. The van der Waals surface area contributed by atoms with Gasteiger partial charge in [-0.1, -0.05) is 37.5 Å². The van der Waals surface area contributed by atoms with E-state index in [1.165, 1.54) is 0 Å². The first-order valence-corrected chi connectivity index (χ1v) is 9.85. The fourth-order valence-corrected chi connectivity index (χ4v) is 19.8. The minimum atomic E-state index is -0.649. The van der Waals surface area contributed by atoms with Crippen LogP contribution in [0.4, 0.5) is 0 Å². The summed E-state index contributed by atoms with van der Waals surface area (Å²) >= 11 is 0. The van der Waals surface area contributed by atoms with Crippen LogP contribution in [0.1, 0.15) is 0 Å². The third-order valence-electron chi connectivity index (χ3n) is 1.69. The number of hydrogen-bond donors (Lipinski definition) is 0. The summed E-state index contributed by atoms with van der Waals surface area (Å²) in [5, 5.41) is 0. The van der Waals surface area contributed by atoms with Gasteiger partial charge >= 0.3 is 0 Å². The maximum Gasteiger partial charge on any atom is 0.0449 e. The van der Waals surface area contributed by atoms with E-state index in [-0.39, 0.29) is 31.9 Å². The Hall–Kier alpha value is 1.35. The molecule has 0 unspecified atom stereocenters. The largest absolute Gasteiger partial charge is 1.00 e. The molecule has 0 N–H and O–H groups in total. The maximum absolute atomic E-state index is 2.71. The van der Waals surface area contributed by atoms with Crippen molar-refractivity contribution in [3.8, 4) is 0 Å². The molecule has 4 heteroatoms. The van der Waals surface area contributed by atoms with Crippen molar-refractivity contribution in [1.82, 2.24) is 0 Å². The van der Waals surface area contributed by atoms with E-state index in [2.05, 4.69) is 31.9 Å². The van der Waals surface area contributed by atoms with Gasteiger partial charge in [-0.05, 0) is 0 Å². The van der Waals surface area contributed by atoms with Crippen LogP contribution in [0.5, 0.6) is 0 Å². The number of halogens is 1. The molecule has 1 radical (unpaired) electrons. The van der Waals surface area contributed by atoms with E-state index >= 15 is 0 Å². The second-order valence-electron chi connectivity index (χ2n) is 4.30. The Morgan fingerprint density at radius 2 is 1.20 bits per heavy atom. The van der Waals surface area contributed by atoms with Gasteiger partial charge in [-0.25, -0.2) is 0 Å². The molecule has 1 fully saturated rings. The Morgan fingerprint density at radius 1 is 1.00 bits per heavy atom. The minimum Gasteiger partial charge on any atom is -1.00 e. The first-order valence-electron chi connectivity index (χ1n) is 3.28. The van der Waals surface area contributed by atoms with Crippen molar-refractivity contribution >= 4 is 16.1 Å². The Balaban J connectivity index is 0. The average Bonchev–Trinajstić information content (AvgIpc) is 1.20. The van der Waals surface area contributed by atoms with Gasteiger partial charge in [-0.15, -0.1) is 0 Å². The molecule has 1 rings (SSSR count). The van der Waals surface area contributed by atoms with Crippen molar-refractivity contribution in [3.05, 3.63) is 5.67 Å². The molecule has 10 heavy (non-hydrogen) atoms. The summed E-state index contributed by atoms with van der Waals surface area (Å²) < 4.78 is 0. The van der Waals surface area contributed by atoms with E-state index in [0.29, 0.717) is 0 Å². The summed E-state index contributed by atoms with van der Waals surface area (Å²) in [5.74, 6) is 0. The van der Waals surface area contributed by atoms with E-state index in [4.69, 9.17) is 0 Å². The predicted molar refractivity (Wildman–Crippen MR) is 44.1 cm³/mol. The van der Waals surface area contributed by atoms with Crippen LogP contribution in [-0.2, 0) is 19.5 Å². The van der Waals surface area contributed by atoms with E-state index in [9.17, 15) is 0 Å². The molecule has 0 aliphatic carbocycles. The standard InChI is InChI=1S/C6H15Si2.ClH.Zn/c1-7(2)5-8(3,4)6-7;;/h5H,6H2,1-4H3;1H;/p-1. The second kappa shape index (κ2) is 3.84. The van der Waals surface area contributed by atoms with Crippen LogP contribution in [-0.4, -0.2) is 16.1 Å². The SMILES string of the molecule is C[Si]1(C)[CH][Si](C)(C)C1.[Cl-].[Zn]. The normalized spacial score (nSPS) is 25.2. The number of hydrogen-bond acceptors (Lipinski definition) is 0. The summed E-state index contributed by atoms with van der Waals surface area (Å²) in [4.78, 5) is 0. The molecule has 0 saturated carbocycles. The number of rotatable bonds is 0. The first kappa shape index (κ1) is 13.9. The van der Waals surface area contributed by atoms with Gasteiger partial charge in [0, 0.05) is 35.6 Å². The van der Waals surface area contributed by atoms with Crippen molar-refractivity contribution in [2.75, 3.05) is 0 Å². The molecular formula is C6H15ClSi2Zn-. The van der Waals surface area contributed by atoms with Crippen molar-refractivity contribution in [2.45, 2.75) is 31.9 Å². The first-order chi connectivity index (χ1) is 3.41. The van der Waals surface area contributed by atoms with Crippen molar-refractivity contribution in [2.24, 2.45) is 0 Å². The van der Waals surface area contributed by atoms with Gasteiger partial charge in [-0.3, -0.25) is 0 Å². The third-order valence-corrected chi connectivity index (χ3v) is 15.2. The van der Waals surface area contributed by atoms with Crippen LogP contribution < -0.4 is 12.4 Å². The summed E-state index contributed by atoms with van der Waals surface area (Å²) in [6.07, 6.45) is 0. The van der Waals surface area contributed by atoms with Crippen molar-refractivity contribution < 1.29 is 31.9 Å². The van der Waals surface area contributed by atoms with Crippen molar-refractivity contribution in [3.63, 3.8) is 0 Å². The molecule has 0 atom stereocenters. The molecule has 1 aliphatic rings. The smallest absolute Gasteiger partial charge is 0.0449 e. The summed E-state index contributed by atoms with van der Waals surface area (Å²) in [7, 11) is -1.30. The van der Waals surface area contributed by atoms with Gasteiger partial charge in [0.15, 0.2) is 0 Å². The third kappa shape index (κ3) is 3.66. The van der Waals surface area contributed by atoms with Crippen LogP contribution in [0.25, 0.3) is 0 Å². The summed E-state index contributed by atoms with van der Waals surface area (Å²) in [5.41, 5.74) is 4.33. The quantitative estimate of drug-likeness (QED) is 0.491. The van der Waals surface area contributed by atoms with E-state index < -0.39 is 16.1 Å². The monoisotopic (exact) mass is 242 g/mol. The molecule has 0 aromatic heterocycles. The molecular weight excluding hydrogens is 229 g/mol. The molecule has 57 valence electrons. The predicted octanol–water partition coefficient (Wildman–Crippen LogP) is -0.760. The molecule has 1 aliphatic heterocycles. The van der Waals surface area contributed by atoms with E-state index in [0.717, 1.165) is 0 Å². The van der Waals surface area contributed by atoms with Gasteiger partial charge in [0.25, 0.3) is 0 Å². The van der Waals surface area contributed by atoms with Crippen molar-refractivity contribution in [1.29, 1.82) is 0 Å². The fourth-order valence-electron chi connectivity index (χ4n) is 2.20. The average molecular weight is 244 g/mol. The molecule has 1 heterocycles. The van der Waals surface area contributed by atoms with E-state index in [1.807, 2.05) is 0 Å². The van der Waals surface area contributed by atoms with Crippen LogP contribution in [0.3, 0.4) is 0 Å². The molecule has 0 bridgehead atoms. The zero-order valence-electron chi connectivity index (χ0n) is 7.37. The van der Waals surface area contributed by atoms with Gasteiger partial charge in [-0.2, -0.15) is 0 Å².